The number of hydrogen-bond donors (Lipinski definition) is 4. The van der Waals surface area contributed by atoms with Gasteiger partial charge in [-0.15, -0.1) is 0 Å². The van der Waals surface area contributed by atoms with Crippen molar-refractivity contribution in [2.75, 3.05) is 5.32 Å². The summed E-state index contributed by atoms with van der Waals surface area (Å²) in [7, 11) is 1.58. The van der Waals surface area contributed by atoms with Gasteiger partial charge in [0.05, 0.1) is 0 Å². The molecule has 1 aliphatic carbocycles. The summed E-state index contributed by atoms with van der Waals surface area (Å²) >= 11 is 0. The van der Waals surface area contributed by atoms with Crippen LogP contribution in [0.2, 0.25) is 0 Å². The van der Waals surface area contributed by atoms with Gasteiger partial charge in [0.25, 0.3) is 5.56 Å². The molecule has 0 aromatic carbocycles. The predicted molar refractivity (Wildman–Crippen MR) is 82.9 cm³/mol. The molecule has 23 heavy (non-hydrogen) atoms. The second kappa shape index (κ2) is 6.11. The summed E-state index contributed by atoms with van der Waals surface area (Å²) in [6.07, 6.45) is 1.50. The Hall–Kier alpha value is -2.84. The highest BCUT2D eigenvalue weighted by molar-refractivity contribution is 5.64. The first-order valence-corrected chi connectivity index (χ1v) is 7.37. The molecular formula is C14H18N6O3. The molecule has 0 aliphatic heterocycles. The van der Waals surface area contributed by atoms with Crippen LogP contribution < -0.4 is 16.2 Å². The minimum atomic E-state index is -0.983. The second-order valence-electron chi connectivity index (χ2n) is 5.67. The molecule has 9 heteroatoms. The van der Waals surface area contributed by atoms with E-state index in [1.807, 2.05) is 6.07 Å². The molecular weight excluding hydrogens is 300 g/mol. The molecule has 0 spiro atoms. The minimum absolute atomic E-state index is 0.0116. The molecule has 1 saturated carbocycles. The fourth-order valence-corrected chi connectivity index (χ4v) is 2.88. The summed E-state index contributed by atoms with van der Waals surface area (Å²) in [5.41, 5.74) is 0.785. The van der Waals surface area contributed by atoms with Crippen LogP contribution in [0.5, 0.6) is 0 Å². The lowest BCUT2D eigenvalue weighted by atomic mass is 10.0. The smallest absolute Gasteiger partial charge is 0.404 e. The monoisotopic (exact) mass is 318 g/mol. The van der Waals surface area contributed by atoms with Crippen LogP contribution in [-0.2, 0) is 7.05 Å². The molecule has 4 N–H and O–H groups in total. The molecule has 0 bridgehead atoms. The molecule has 9 nitrogen and oxygen atoms in total. The summed E-state index contributed by atoms with van der Waals surface area (Å²) in [5.74, 6) is 1.39. The van der Waals surface area contributed by atoms with Gasteiger partial charge in [-0.2, -0.15) is 10.2 Å². The third kappa shape index (κ3) is 3.50. The van der Waals surface area contributed by atoms with Gasteiger partial charge >= 0.3 is 6.09 Å². The van der Waals surface area contributed by atoms with Crippen molar-refractivity contribution >= 4 is 17.7 Å². The van der Waals surface area contributed by atoms with Crippen molar-refractivity contribution in [3.63, 3.8) is 0 Å². The lowest BCUT2D eigenvalue weighted by Gasteiger charge is -2.09. The normalized spacial score (nSPS) is 20.4. The number of anilines is 2. The quantitative estimate of drug-likeness (QED) is 0.670. The van der Waals surface area contributed by atoms with Gasteiger partial charge in [-0.1, -0.05) is 0 Å². The zero-order valence-corrected chi connectivity index (χ0v) is 12.6. The van der Waals surface area contributed by atoms with E-state index in [1.165, 1.54) is 10.7 Å². The predicted octanol–water partition coefficient (Wildman–Crippen LogP) is 1.15. The van der Waals surface area contributed by atoms with Crippen LogP contribution in [0.25, 0.3) is 0 Å². The van der Waals surface area contributed by atoms with Crippen molar-refractivity contribution in [2.45, 2.75) is 31.2 Å². The molecule has 0 saturated heterocycles. The lowest BCUT2D eigenvalue weighted by molar-refractivity contribution is 0.190. The number of carboxylic acid groups (broad SMARTS) is 1. The van der Waals surface area contributed by atoms with Crippen LogP contribution in [0, 0.1) is 0 Å². The van der Waals surface area contributed by atoms with E-state index < -0.39 is 6.09 Å². The lowest BCUT2D eigenvalue weighted by Crippen LogP contribution is -2.31. The van der Waals surface area contributed by atoms with Crippen molar-refractivity contribution in [3.8, 4) is 0 Å². The van der Waals surface area contributed by atoms with E-state index in [0.29, 0.717) is 11.6 Å². The van der Waals surface area contributed by atoms with E-state index in [0.717, 1.165) is 25.0 Å². The molecule has 2 atom stereocenters. The van der Waals surface area contributed by atoms with E-state index in [-0.39, 0.29) is 17.5 Å². The number of aromatic nitrogens is 4. The van der Waals surface area contributed by atoms with Crippen LogP contribution in [0.15, 0.2) is 23.0 Å². The maximum Gasteiger partial charge on any atom is 0.404 e. The molecule has 1 fully saturated rings. The molecule has 2 aromatic heterocycles. The van der Waals surface area contributed by atoms with Gasteiger partial charge in [0.2, 0.25) is 0 Å². The first kappa shape index (κ1) is 15.1. The summed E-state index contributed by atoms with van der Waals surface area (Å²) in [6, 6.07) is 4.91. The third-order valence-corrected chi connectivity index (χ3v) is 4.01. The molecule has 1 aliphatic rings. The molecule has 3 rings (SSSR count). The first-order chi connectivity index (χ1) is 11.0. The Morgan fingerprint density at radius 2 is 2.22 bits per heavy atom. The number of aromatic amines is 1. The van der Waals surface area contributed by atoms with E-state index in [4.69, 9.17) is 5.11 Å². The Morgan fingerprint density at radius 3 is 2.96 bits per heavy atom. The highest BCUT2D eigenvalue weighted by Gasteiger charge is 2.28. The summed E-state index contributed by atoms with van der Waals surface area (Å²) in [5, 5.41) is 25.6. The van der Waals surface area contributed by atoms with Gasteiger partial charge < -0.3 is 15.7 Å². The number of carbonyl (C=O) groups is 1. The van der Waals surface area contributed by atoms with Crippen molar-refractivity contribution < 1.29 is 9.90 Å². The Balaban J connectivity index is 1.65. The standard InChI is InChI=1S/C14H18N6O3/c1-20-13(21)5-4-11(19-20)16-12-7-10(17-18-12)8-2-3-9(6-8)15-14(22)23/h4-5,7-9,15H,2-3,6H2,1H3,(H,22,23)(H2,16,17,18,19). The minimum Gasteiger partial charge on any atom is -0.465 e. The van der Waals surface area contributed by atoms with Crippen molar-refractivity contribution in [1.29, 1.82) is 0 Å². The van der Waals surface area contributed by atoms with Crippen LogP contribution >= 0.6 is 0 Å². The summed E-state index contributed by atoms with van der Waals surface area (Å²) in [6.45, 7) is 0. The van der Waals surface area contributed by atoms with Gasteiger partial charge in [0, 0.05) is 36.8 Å². The van der Waals surface area contributed by atoms with Crippen LogP contribution in [-0.4, -0.2) is 37.2 Å². The summed E-state index contributed by atoms with van der Waals surface area (Å²) < 4.78 is 1.25. The van der Waals surface area contributed by atoms with Gasteiger partial charge in [-0.05, 0) is 25.3 Å². The number of amides is 1. The molecule has 0 radical (unpaired) electrons. The second-order valence-corrected chi connectivity index (χ2v) is 5.67. The number of H-pyrrole nitrogens is 1. The average Bonchev–Trinajstić information content (AvgIpc) is 3.11. The molecule has 122 valence electrons. The Morgan fingerprint density at radius 1 is 1.39 bits per heavy atom. The van der Waals surface area contributed by atoms with Gasteiger partial charge in [-0.25, -0.2) is 9.48 Å². The Bertz CT molecular complexity index is 768. The van der Waals surface area contributed by atoms with Crippen molar-refractivity contribution in [3.05, 3.63) is 34.2 Å². The third-order valence-electron chi connectivity index (χ3n) is 4.01. The van der Waals surface area contributed by atoms with E-state index >= 15 is 0 Å². The zero-order chi connectivity index (χ0) is 16.4. The molecule has 1 amide bonds. The fraction of sp³-hybridized carbons (Fsp3) is 0.429. The largest absolute Gasteiger partial charge is 0.465 e. The Kier molecular flexibility index (Phi) is 4.00. The maximum atomic E-state index is 11.3. The zero-order valence-electron chi connectivity index (χ0n) is 12.6. The maximum absolute atomic E-state index is 11.3. The van der Waals surface area contributed by atoms with Gasteiger partial charge in [-0.3, -0.25) is 9.89 Å². The number of nitrogens with one attached hydrogen (secondary N) is 3. The molecule has 2 heterocycles. The number of rotatable bonds is 4. The summed E-state index contributed by atoms with van der Waals surface area (Å²) in [4.78, 5) is 22.0. The topological polar surface area (TPSA) is 125 Å². The molecule has 2 unspecified atom stereocenters. The van der Waals surface area contributed by atoms with Crippen molar-refractivity contribution in [2.24, 2.45) is 7.05 Å². The number of nitrogens with zero attached hydrogens (tertiary/aromatic N) is 3. The van der Waals surface area contributed by atoms with E-state index in [1.54, 1.807) is 13.1 Å². The average molecular weight is 318 g/mol. The highest BCUT2D eigenvalue weighted by Crippen LogP contribution is 2.34. The van der Waals surface area contributed by atoms with Crippen LogP contribution in [0.4, 0.5) is 16.4 Å². The van der Waals surface area contributed by atoms with Crippen molar-refractivity contribution in [1.82, 2.24) is 25.3 Å². The Labute approximate surface area is 131 Å². The fourth-order valence-electron chi connectivity index (χ4n) is 2.88. The number of hydrogen-bond acceptors (Lipinski definition) is 5. The first-order valence-electron chi connectivity index (χ1n) is 7.37. The van der Waals surface area contributed by atoms with E-state index in [9.17, 15) is 9.59 Å². The van der Waals surface area contributed by atoms with Gasteiger partial charge in [0.15, 0.2) is 11.6 Å². The van der Waals surface area contributed by atoms with Gasteiger partial charge in [0.1, 0.15) is 0 Å². The van der Waals surface area contributed by atoms with Crippen LogP contribution in [0.3, 0.4) is 0 Å². The highest BCUT2D eigenvalue weighted by atomic mass is 16.4. The SMILES string of the molecule is Cn1nc(Nc2cc(C3CCC(NC(=O)O)C3)[nH]n2)ccc1=O. The van der Waals surface area contributed by atoms with Crippen LogP contribution in [0.1, 0.15) is 30.9 Å². The number of aryl methyl sites for hydroxylation is 1. The molecule has 2 aromatic rings. The van der Waals surface area contributed by atoms with E-state index in [2.05, 4.69) is 25.9 Å².